The van der Waals surface area contributed by atoms with E-state index in [1.54, 1.807) is 7.11 Å². The minimum atomic E-state index is 0.639. The molecular weight excluding hydrogens is 288 g/mol. The van der Waals surface area contributed by atoms with E-state index in [2.05, 4.69) is 44.0 Å². The summed E-state index contributed by atoms with van der Waals surface area (Å²) in [6.07, 6.45) is 1.05. The van der Waals surface area contributed by atoms with Crippen molar-refractivity contribution in [3.8, 4) is 11.5 Å². The third-order valence-corrected chi connectivity index (χ3v) is 4.04. The summed E-state index contributed by atoms with van der Waals surface area (Å²) in [5.74, 6) is 2.34. The summed E-state index contributed by atoms with van der Waals surface area (Å²) in [5.41, 5.74) is 1.16. The van der Waals surface area contributed by atoms with Crippen LogP contribution in [0.15, 0.2) is 18.2 Å². The molecule has 0 unspecified atom stereocenters. The molecule has 4 nitrogen and oxygen atoms in total. The number of hydrogen-bond acceptors (Lipinski definition) is 4. The van der Waals surface area contributed by atoms with Gasteiger partial charge in [-0.05, 0) is 31.5 Å². The Morgan fingerprint density at radius 3 is 2.52 bits per heavy atom. The maximum Gasteiger partial charge on any atom is 0.165 e. The van der Waals surface area contributed by atoms with Crippen molar-refractivity contribution in [1.82, 2.24) is 10.2 Å². The van der Waals surface area contributed by atoms with Gasteiger partial charge in [-0.15, -0.1) is 0 Å². The first-order chi connectivity index (χ1) is 11.1. The highest BCUT2D eigenvalue weighted by Gasteiger charge is 2.11. The summed E-state index contributed by atoms with van der Waals surface area (Å²) in [5, 5.41) is 3.51. The van der Waals surface area contributed by atoms with Crippen molar-refractivity contribution >= 4 is 0 Å². The molecule has 0 aliphatic carbocycles. The van der Waals surface area contributed by atoms with Crippen LogP contribution in [0.2, 0.25) is 0 Å². The number of likely N-dealkylation sites (N-methyl/N-ethyl adjacent to an activating group) is 1. The molecule has 23 heavy (non-hydrogen) atoms. The third-order valence-electron chi connectivity index (χ3n) is 4.04. The van der Waals surface area contributed by atoms with E-state index >= 15 is 0 Å². The summed E-state index contributed by atoms with van der Waals surface area (Å²) < 4.78 is 11.5. The van der Waals surface area contributed by atoms with Gasteiger partial charge in [0.1, 0.15) is 0 Å². The van der Waals surface area contributed by atoms with Gasteiger partial charge >= 0.3 is 0 Å². The van der Waals surface area contributed by atoms with Crippen LogP contribution in [0.3, 0.4) is 0 Å². The van der Waals surface area contributed by atoms with E-state index in [1.807, 2.05) is 12.1 Å². The van der Waals surface area contributed by atoms with Crippen LogP contribution in [0.4, 0.5) is 0 Å². The molecule has 0 aromatic heterocycles. The largest absolute Gasteiger partial charge is 0.493 e. The molecule has 1 rings (SSSR count). The fraction of sp³-hybridized carbons (Fsp3) is 0.684. The Morgan fingerprint density at radius 2 is 1.91 bits per heavy atom. The molecule has 0 amide bonds. The van der Waals surface area contributed by atoms with Crippen LogP contribution >= 0.6 is 0 Å². The molecule has 0 aliphatic heterocycles. The number of para-hydroxylation sites is 1. The zero-order chi connectivity index (χ0) is 17.1. The number of nitrogens with zero attached hydrogens (tertiary/aromatic N) is 1. The lowest BCUT2D eigenvalue weighted by Gasteiger charge is -2.19. The van der Waals surface area contributed by atoms with Gasteiger partial charge in [-0.2, -0.15) is 0 Å². The fourth-order valence-corrected chi connectivity index (χ4v) is 2.42. The molecule has 0 saturated heterocycles. The van der Waals surface area contributed by atoms with E-state index in [0.717, 1.165) is 62.8 Å². The van der Waals surface area contributed by atoms with E-state index in [4.69, 9.17) is 9.47 Å². The average Bonchev–Trinajstić information content (AvgIpc) is 2.55. The minimum Gasteiger partial charge on any atom is -0.493 e. The van der Waals surface area contributed by atoms with Gasteiger partial charge in [0.2, 0.25) is 0 Å². The summed E-state index contributed by atoms with van der Waals surface area (Å²) in [4.78, 5) is 2.42. The highest BCUT2D eigenvalue weighted by atomic mass is 16.5. The van der Waals surface area contributed by atoms with E-state index in [0.29, 0.717) is 5.92 Å². The molecule has 0 atom stereocenters. The number of nitrogens with one attached hydrogen (secondary N) is 1. The maximum atomic E-state index is 6.02. The van der Waals surface area contributed by atoms with Crippen LogP contribution in [0, 0.1) is 5.92 Å². The van der Waals surface area contributed by atoms with Crippen molar-refractivity contribution in [1.29, 1.82) is 0 Å². The molecule has 132 valence electrons. The van der Waals surface area contributed by atoms with Crippen LogP contribution in [0.1, 0.15) is 39.7 Å². The molecule has 0 radical (unpaired) electrons. The Balaban J connectivity index is 2.58. The molecular formula is C19H34N2O2. The molecule has 1 aromatic carbocycles. The normalized spacial score (nSPS) is 11.3. The topological polar surface area (TPSA) is 33.7 Å². The van der Waals surface area contributed by atoms with Crippen molar-refractivity contribution in [2.24, 2.45) is 5.92 Å². The molecule has 0 saturated carbocycles. The number of rotatable bonds is 12. The molecule has 0 spiro atoms. The van der Waals surface area contributed by atoms with Crippen LogP contribution in [-0.2, 0) is 6.54 Å². The summed E-state index contributed by atoms with van der Waals surface area (Å²) in [6.45, 7) is 14.6. The molecule has 0 heterocycles. The Kier molecular flexibility index (Phi) is 9.72. The predicted molar refractivity (Wildman–Crippen MR) is 97.4 cm³/mol. The van der Waals surface area contributed by atoms with E-state index in [-0.39, 0.29) is 0 Å². The van der Waals surface area contributed by atoms with Crippen molar-refractivity contribution in [3.63, 3.8) is 0 Å². The van der Waals surface area contributed by atoms with Gasteiger partial charge in [0.05, 0.1) is 13.7 Å². The number of ether oxygens (including phenoxy) is 2. The van der Waals surface area contributed by atoms with Crippen LogP contribution in [-0.4, -0.2) is 44.8 Å². The lowest BCUT2D eigenvalue weighted by molar-refractivity contribution is 0.269. The smallest absolute Gasteiger partial charge is 0.165 e. The highest BCUT2D eigenvalue weighted by Crippen LogP contribution is 2.31. The van der Waals surface area contributed by atoms with Crippen LogP contribution < -0.4 is 14.8 Å². The van der Waals surface area contributed by atoms with Gasteiger partial charge in [0.15, 0.2) is 11.5 Å². The lowest BCUT2D eigenvalue weighted by Crippen LogP contribution is -2.31. The van der Waals surface area contributed by atoms with Crippen molar-refractivity contribution in [2.45, 2.75) is 40.7 Å². The SMILES string of the molecule is CCN(CC)CCNCc1cccc(OC)c1OCCC(C)C. The van der Waals surface area contributed by atoms with E-state index < -0.39 is 0 Å². The highest BCUT2D eigenvalue weighted by molar-refractivity contribution is 5.46. The first kappa shape index (κ1) is 19.8. The van der Waals surface area contributed by atoms with Crippen LogP contribution in [0.5, 0.6) is 11.5 Å². The van der Waals surface area contributed by atoms with Gasteiger partial charge in [0, 0.05) is 25.2 Å². The quantitative estimate of drug-likeness (QED) is 0.597. The van der Waals surface area contributed by atoms with E-state index in [9.17, 15) is 0 Å². The Bertz CT molecular complexity index is 431. The first-order valence-electron chi connectivity index (χ1n) is 8.84. The lowest BCUT2D eigenvalue weighted by atomic mass is 10.1. The zero-order valence-corrected chi connectivity index (χ0v) is 15.5. The molecule has 0 fully saturated rings. The average molecular weight is 322 g/mol. The van der Waals surface area contributed by atoms with Gasteiger partial charge in [-0.25, -0.2) is 0 Å². The van der Waals surface area contributed by atoms with E-state index in [1.165, 1.54) is 0 Å². The molecule has 0 aliphatic rings. The second kappa shape index (κ2) is 11.3. The molecule has 1 aromatic rings. The summed E-state index contributed by atoms with van der Waals surface area (Å²) >= 11 is 0. The van der Waals surface area contributed by atoms with Gasteiger partial charge in [-0.3, -0.25) is 0 Å². The summed E-state index contributed by atoms with van der Waals surface area (Å²) in [6, 6.07) is 6.09. The zero-order valence-electron chi connectivity index (χ0n) is 15.5. The molecule has 0 bridgehead atoms. The monoisotopic (exact) mass is 322 g/mol. The number of hydrogen-bond donors (Lipinski definition) is 1. The molecule has 4 heteroatoms. The third kappa shape index (κ3) is 7.23. The van der Waals surface area contributed by atoms with Crippen molar-refractivity contribution in [3.05, 3.63) is 23.8 Å². The number of methoxy groups -OCH3 is 1. The summed E-state index contributed by atoms with van der Waals surface area (Å²) in [7, 11) is 1.70. The maximum absolute atomic E-state index is 6.02. The number of benzene rings is 1. The van der Waals surface area contributed by atoms with Crippen molar-refractivity contribution < 1.29 is 9.47 Å². The van der Waals surface area contributed by atoms with Gasteiger partial charge < -0.3 is 19.7 Å². The standard InChI is InChI=1S/C19H34N2O2/c1-6-21(7-2)13-12-20-15-17-9-8-10-18(22-5)19(17)23-14-11-16(3)4/h8-10,16,20H,6-7,11-15H2,1-5H3. The first-order valence-corrected chi connectivity index (χ1v) is 8.84. The van der Waals surface area contributed by atoms with Gasteiger partial charge in [0.25, 0.3) is 0 Å². The second-order valence-electron chi connectivity index (χ2n) is 6.18. The Hall–Kier alpha value is -1.26. The Morgan fingerprint density at radius 1 is 1.17 bits per heavy atom. The Labute approximate surface area is 142 Å². The minimum absolute atomic E-state index is 0.639. The predicted octanol–water partition coefficient (Wildman–Crippen LogP) is 3.55. The molecule has 1 N–H and O–H groups in total. The van der Waals surface area contributed by atoms with Gasteiger partial charge in [-0.1, -0.05) is 39.8 Å². The second-order valence-corrected chi connectivity index (χ2v) is 6.18. The fourth-order valence-electron chi connectivity index (χ4n) is 2.42. The van der Waals surface area contributed by atoms with Crippen molar-refractivity contribution in [2.75, 3.05) is 39.9 Å². The van der Waals surface area contributed by atoms with Crippen LogP contribution in [0.25, 0.3) is 0 Å².